The van der Waals surface area contributed by atoms with Crippen LogP contribution in [0.25, 0.3) is 0 Å². The summed E-state index contributed by atoms with van der Waals surface area (Å²) in [5.41, 5.74) is 0. The van der Waals surface area contributed by atoms with E-state index < -0.39 is 0 Å². The smallest absolute Gasteiger partial charge is 0.106 e. The third kappa shape index (κ3) is 532. The predicted octanol–water partition coefficient (Wildman–Crippen LogP) is -0.742. The van der Waals surface area contributed by atoms with Gasteiger partial charge in [-0.15, -0.1) is 0 Å². The van der Waals surface area contributed by atoms with Crippen molar-refractivity contribution in [2.75, 3.05) is 0 Å². The first-order valence-corrected chi connectivity index (χ1v) is 1.15. The van der Waals surface area contributed by atoms with Crippen molar-refractivity contribution in [3.8, 4) is 0 Å². The van der Waals surface area contributed by atoms with Crippen LogP contribution in [0.2, 0.25) is 0 Å². The van der Waals surface area contributed by atoms with Crippen LogP contribution >= 0.6 is 0 Å². The minimum absolute atomic E-state index is 0. The normalized spacial score (nSPS) is 1.78. The molecule has 0 aliphatic carbocycles. The van der Waals surface area contributed by atoms with Crippen molar-refractivity contribution in [2.45, 2.75) is 0 Å². The molecular weight excluding hydrogens is 296 g/mol. The molecule has 0 atom stereocenters. The number of carbonyl (C=O) groups is 4. The zero-order chi connectivity index (χ0) is 8.00. The maximum Gasteiger partial charge on any atom is 0.106 e. The van der Waals surface area contributed by atoms with E-state index in [1.54, 1.807) is 0 Å². The summed E-state index contributed by atoms with van der Waals surface area (Å²) in [6.45, 7) is 8.00. The van der Waals surface area contributed by atoms with Crippen molar-refractivity contribution in [3.63, 3.8) is 0 Å². The fourth-order valence-electron chi connectivity index (χ4n) is 0. The average Bonchev–Trinajstić information content (AvgIpc) is 2.03. The fourth-order valence-corrected chi connectivity index (χ4v) is 0. The monoisotopic (exact) mass is 304 g/mol. The van der Waals surface area contributed by atoms with Crippen LogP contribution in [-0.4, -0.2) is 27.2 Å². The molecule has 0 heterocycles. The van der Waals surface area contributed by atoms with Crippen molar-refractivity contribution >= 4 is 27.2 Å². The summed E-state index contributed by atoms with van der Waals surface area (Å²) >= 11 is 0. The van der Waals surface area contributed by atoms with E-state index in [1.807, 2.05) is 27.2 Å². The molecule has 4 nitrogen and oxygen atoms in total. The number of rotatable bonds is 0. The molecule has 0 aromatic rings. The van der Waals surface area contributed by atoms with Gasteiger partial charge in [0, 0.05) is 21.1 Å². The molecule has 0 saturated carbocycles. The predicted molar refractivity (Wildman–Crippen MR) is 28.5 cm³/mol. The molecule has 0 spiro atoms. The van der Waals surface area contributed by atoms with Crippen LogP contribution in [0.1, 0.15) is 0 Å². The molecule has 0 aliphatic rings. The summed E-state index contributed by atoms with van der Waals surface area (Å²) in [4.78, 5) is 32.0. The van der Waals surface area contributed by atoms with Gasteiger partial charge in [0.15, 0.2) is 0 Å². The Balaban J connectivity index is -0.00000000762. The molecular formula is C4H8O4W. The average molecular weight is 304 g/mol. The maximum absolute atomic E-state index is 8.00. The van der Waals surface area contributed by atoms with Crippen LogP contribution in [0.5, 0.6) is 0 Å². The third-order valence-electron chi connectivity index (χ3n) is 0. The van der Waals surface area contributed by atoms with E-state index in [-0.39, 0.29) is 21.1 Å². The van der Waals surface area contributed by atoms with E-state index in [2.05, 4.69) is 0 Å². The second-order valence-electron chi connectivity index (χ2n) is 0. The van der Waals surface area contributed by atoms with Gasteiger partial charge in [0.05, 0.1) is 0 Å². The summed E-state index contributed by atoms with van der Waals surface area (Å²) in [7, 11) is 0. The first kappa shape index (κ1) is 40.0. The van der Waals surface area contributed by atoms with Gasteiger partial charge in [-0.25, -0.2) is 0 Å². The third-order valence-corrected chi connectivity index (χ3v) is 0. The molecule has 0 aromatic carbocycles. The van der Waals surface area contributed by atoms with Gasteiger partial charge < -0.3 is 19.2 Å². The van der Waals surface area contributed by atoms with Crippen LogP contribution in [0.3, 0.4) is 0 Å². The first-order valence-electron chi connectivity index (χ1n) is 1.15. The molecule has 0 rings (SSSR count). The van der Waals surface area contributed by atoms with Crippen LogP contribution in [0, 0.1) is 0 Å². The Labute approximate surface area is 67.9 Å². The van der Waals surface area contributed by atoms with E-state index in [4.69, 9.17) is 19.2 Å². The second kappa shape index (κ2) is 749. The van der Waals surface area contributed by atoms with Gasteiger partial charge in [0.1, 0.15) is 27.2 Å². The quantitative estimate of drug-likeness (QED) is 0.591. The summed E-state index contributed by atoms with van der Waals surface area (Å²) in [5, 5.41) is 0. The largest absolute Gasteiger partial charge is 0.307 e. The SMILES string of the molecule is C=O.C=O.C=O.C=O.[W]. The van der Waals surface area contributed by atoms with E-state index in [0.717, 1.165) is 0 Å². The van der Waals surface area contributed by atoms with Crippen molar-refractivity contribution < 1.29 is 40.2 Å². The van der Waals surface area contributed by atoms with E-state index in [1.165, 1.54) is 0 Å². The molecule has 0 N–H and O–H groups in total. The van der Waals surface area contributed by atoms with Crippen LogP contribution < -0.4 is 0 Å². The number of carbonyl (C=O) groups excluding carboxylic acids is 4. The van der Waals surface area contributed by atoms with Crippen LogP contribution in [0.15, 0.2) is 0 Å². The molecule has 0 unspecified atom stereocenters. The van der Waals surface area contributed by atoms with E-state index >= 15 is 0 Å². The van der Waals surface area contributed by atoms with Crippen LogP contribution in [0.4, 0.5) is 0 Å². The number of hydrogen-bond acceptors (Lipinski definition) is 4. The molecule has 54 valence electrons. The van der Waals surface area contributed by atoms with E-state index in [0.29, 0.717) is 0 Å². The zero-order valence-electron chi connectivity index (χ0n) is 4.87. The Bertz CT molecular complexity index is 20.5. The van der Waals surface area contributed by atoms with Gasteiger partial charge in [-0.05, 0) is 0 Å². The molecule has 0 amide bonds. The Morgan fingerprint density at radius 3 is 0.444 bits per heavy atom. The molecule has 0 bridgehead atoms. The van der Waals surface area contributed by atoms with Gasteiger partial charge in [-0.2, -0.15) is 0 Å². The minimum Gasteiger partial charge on any atom is -0.307 e. The van der Waals surface area contributed by atoms with Gasteiger partial charge in [-0.1, -0.05) is 0 Å². The Hall–Kier alpha value is -0.632. The van der Waals surface area contributed by atoms with Crippen molar-refractivity contribution in [2.24, 2.45) is 0 Å². The molecule has 0 saturated heterocycles. The molecule has 0 radical (unpaired) electrons. The summed E-state index contributed by atoms with van der Waals surface area (Å²) in [6, 6.07) is 0. The van der Waals surface area contributed by atoms with Crippen LogP contribution in [-0.2, 0) is 40.2 Å². The Morgan fingerprint density at radius 2 is 0.444 bits per heavy atom. The van der Waals surface area contributed by atoms with E-state index in [9.17, 15) is 0 Å². The Morgan fingerprint density at radius 1 is 0.444 bits per heavy atom. The van der Waals surface area contributed by atoms with Gasteiger partial charge >= 0.3 is 0 Å². The zero-order valence-corrected chi connectivity index (χ0v) is 7.80. The molecule has 9 heavy (non-hydrogen) atoms. The first-order chi connectivity index (χ1) is 4.00. The summed E-state index contributed by atoms with van der Waals surface area (Å²) in [5.74, 6) is 0. The maximum atomic E-state index is 8.00. The number of hydrogen-bond donors (Lipinski definition) is 0. The summed E-state index contributed by atoms with van der Waals surface area (Å²) < 4.78 is 0. The van der Waals surface area contributed by atoms with Crippen molar-refractivity contribution in [1.82, 2.24) is 0 Å². The van der Waals surface area contributed by atoms with Gasteiger partial charge in [-0.3, -0.25) is 0 Å². The molecule has 5 heteroatoms. The Kier molecular flexibility index (Phi) is 3330. The standard InChI is InChI=1S/4CH2O.W/c4*1-2;/h4*1H2;. The molecule has 0 aromatic heterocycles. The topological polar surface area (TPSA) is 68.3 Å². The molecule has 0 aliphatic heterocycles. The van der Waals surface area contributed by atoms with Gasteiger partial charge in [0.2, 0.25) is 0 Å². The van der Waals surface area contributed by atoms with Crippen molar-refractivity contribution in [1.29, 1.82) is 0 Å². The summed E-state index contributed by atoms with van der Waals surface area (Å²) in [6.07, 6.45) is 0. The fraction of sp³-hybridized carbons (Fsp3) is 0. The molecule has 0 fully saturated rings. The second-order valence-corrected chi connectivity index (χ2v) is 0. The van der Waals surface area contributed by atoms with Gasteiger partial charge in [0.25, 0.3) is 0 Å². The minimum atomic E-state index is 0. The van der Waals surface area contributed by atoms with Crippen molar-refractivity contribution in [3.05, 3.63) is 0 Å².